The number of methoxy groups -OCH3 is 2. The van der Waals surface area contributed by atoms with E-state index in [9.17, 15) is 4.79 Å². The molecule has 3 rings (SSSR count). The molecule has 2 aromatic carbocycles. The molecule has 1 aliphatic heterocycles. The lowest BCUT2D eigenvalue weighted by Crippen LogP contribution is -2.48. The highest BCUT2D eigenvalue weighted by Crippen LogP contribution is 2.32. The second-order valence-electron chi connectivity index (χ2n) is 6.18. The molecule has 25 heavy (non-hydrogen) atoms. The zero-order valence-electron chi connectivity index (χ0n) is 15.0. The van der Waals surface area contributed by atoms with Crippen molar-refractivity contribution in [3.8, 4) is 11.5 Å². The van der Waals surface area contributed by atoms with Gasteiger partial charge in [-0.1, -0.05) is 17.7 Å². The summed E-state index contributed by atoms with van der Waals surface area (Å²) in [6.07, 6.45) is 0. The average molecular weight is 340 g/mol. The van der Waals surface area contributed by atoms with E-state index in [-0.39, 0.29) is 5.91 Å². The van der Waals surface area contributed by atoms with Gasteiger partial charge < -0.3 is 19.3 Å². The lowest BCUT2D eigenvalue weighted by molar-refractivity contribution is 0.0746. The van der Waals surface area contributed by atoms with Crippen molar-refractivity contribution in [1.82, 2.24) is 4.90 Å². The Kier molecular flexibility index (Phi) is 5.12. The zero-order valence-corrected chi connectivity index (χ0v) is 15.0. The highest BCUT2D eigenvalue weighted by atomic mass is 16.5. The molecule has 1 aliphatic rings. The summed E-state index contributed by atoms with van der Waals surface area (Å²) < 4.78 is 10.7. The topological polar surface area (TPSA) is 42.0 Å². The van der Waals surface area contributed by atoms with Crippen molar-refractivity contribution in [2.24, 2.45) is 0 Å². The number of rotatable bonds is 4. The van der Waals surface area contributed by atoms with Gasteiger partial charge in [0.1, 0.15) is 11.5 Å². The fraction of sp³-hybridized carbons (Fsp3) is 0.350. The Bertz CT molecular complexity index is 735. The molecule has 0 aliphatic carbocycles. The molecule has 132 valence electrons. The Hall–Kier alpha value is -2.69. The summed E-state index contributed by atoms with van der Waals surface area (Å²) in [6, 6.07) is 13.6. The molecule has 0 bridgehead atoms. The molecule has 0 spiro atoms. The summed E-state index contributed by atoms with van der Waals surface area (Å²) in [7, 11) is 3.30. The molecular weight excluding hydrogens is 316 g/mol. The smallest absolute Gasteiger partial charge is 0.253 e. The number of aryl methyl sites for hydroxylation is 1. The van der Waals surface area contributed by atoms with Crippen molar-refractivity contribution in [1.29, 1.82) is 0 Å². The highest BCUT2D eigenvalue weighted by molar-refractivity contribution is 5.94. The van der Waals surface area contributed by atoms with Gasteiger partial charge in [-0.05, 0) is 31.2 Å². The van der Waals surface area contributed by atoms with Crippen LogP contribution in [0.25, 0.3) is 0 Å². The van der Waals surface area contributed by atoms with Gasteiger partial charge in [0.2, 0.25) is 0 Å². The molecule has 1 fully saturated rings. The Balaban J connectivity index is 1.67. The van der Waals surface area contributed by atoms with Crippen LogP contribution in [0.3, 0.4) is 0 Å². The fourth-order valence-corrected chi connectivity index (χ4v) is 3.08. The van der Waals surface area contributed by atoms with Crippen molar-refractivity contribution >= 4 is 11.6 Å². The molecule has 1 saturated heterocycles. The second-order valence-corrected chi connectivity index (χ2v) is 6.18. The van der Waals surface area contributed by atoms with Crippen LogP contribution in [0.4, 0.5) is 5.69 Å². The zero-order chi connectivity index (χ0) is 17.8. The quantitative estimate of drug-likeness (QED) is 0.858. The van der Waals surface area contributed by atoms with Gasteiger partial charge in [-0.15, -0.1) is 0 Å². The van der Waals surface area contributed by atoms with Crippen LogP contribution in [-0.4, -0.2) is 51.2 Å². The lowest BCUT2D eigenvalue weighted by Gasteiger charge is -2.36. The van der Waals surface area contributed by atoms with E-state index in [0.29, 0.717) is 13.1 Å². The molecule has 0 saturated carbocycles. The van der Waals surface area contributed by atoms with E-state index in [1.165, 1.54) is 0 Å². The number of hydrogen-bond donors (Lipinski definition) is 0. The molecule has 0 aromatic heterocycles. The molecule has 0 atom stereocenters. The van der Waals surface area contributed by atoms with Crippen LogP contribution in [0.15, 0.2) is 42.5 Å². The van der Waals surface area contributed by atoms with Crippen molar-refractivity contribution in [3.63, 3.8) is 0 Å². The van der Waals surface area contributed by atoms with E-state index < -0.39 is 0 Å². The van der Waals surface area contributed by atoms with E-state index >= 15 is 0 Å². The minimum Gasteiger partial charge on any atom is -0.497 e. The van der Waals surface area contributed by atoms with E-state index in [0.717, 1.165) is 41.4 Å². The number of carbonyl (C=O) groups excluding carboxylic acids is 1. The minimum atomic E-state index is 0.0985. The van der Waals surface area contributed by atoms with E-state index in [1.54, 1.807) is 14.2 Å². The van der Waals surface area contributed by atoms with Crippen molar-refractivity contribution in [2.45, 2.75) is 6.92 Å². The molecular formula is C20H24N2O3. The van der Waals surface area contributed by atoms with Crippen LogP contribution >= 0.6 is 0 Å². The Morgan fingerprint density at radius 3 is 2.20 bits per heavy atom. The maximum absolute atomic E-state index is 12.6. The van der Waals surface area contributed by atoms with Crippen LogP contribution in [0.1, 0.15) is 15.9 Å². The third kappa shape index (κ3) is 3.71. The molecule has 2 aromatic rings. The van der Waals surface area contributed by atoms with Gasteiger partial charge in [-0.25, -0.2) is 0 Å². The van der Waals surface area contributed by atoms with E-state index in [4.69, 9.17) is 9.47 Å². The van der Waals surface area contributed by atoms with Gasteiger partial charge in [0.25, 0.3) is 5.91 Å². The number of benzene rings is 2. The number of anilines is 1. The Morgan fingerprint density at radius 2 is 1.60 bits per heavy atom. The summed E-state index contributed by atoms with van der Waals surface area (Å²) in [5.41, 5.74) is 2.94. The van der Waals surface area contributed by atoms with Gasteiger partial charge in [0.15, 0.2) is 0 Å². The summed E-state index contributed by atoms with van der Waals surface area (Å²) in [5.74, 6) is 1.66. The Morgan fingerprint density at radius 1 is 0.920 bits per heavy atom. The third-order valence-corrected chi connectivity index (χ3v) is 4.59. The molecule has 5 heteroatoms. The normalized spacial score (nSPS) is 14.4. The van der Waals surface area contributed by atoms with Crippen molar-refractivity contribution < 1.29 is 14.3 Å². The average Bonchev–Trinajstić information content (AvgIpc) is 2.67. The molecule has 0 radical (unpaired) electrons. The highest BCUT2D eigenvalue weighted by Gasteiger charge is 2.24. The number of carbonyl (C=O) groups is 1. The van der Waals surface area contributed by atoms with Crippen LogP contribution < -0.4 is 14.4 Å². The second kappa shape index (κ2) is 7.47. The van der Waals surface area contributed by atoms with Crippen molar-refractivity contribution in [2.75, 3.05) is 45.3 Å². The third-order valence-electron chi connectivity index (χ3n) is 4.59. The van der Waals surface area contributed by atoms with Gasteiger partial charge in [-0.2, -0.15) is 0 Å². The maximum Gasteiger partial charge on any atom is 0.253 e. The van der Waals surface area contributed by atoms with Crippen LogP contribution in [0.5, 0.6) is 11.5 Å². The van der Waals surface area contributed by atoms with E-state index in [1.807, 2.05) is 54.3 Å². The first-order valence-corrected chi connectivity index (χ1v) is 8.45. The summed E-state index contributed by atoms with van der Waals surface area (Å²) in [6.45, 7) is 4.97. The predicted molar refractivity (Wildman–Crippen MR) is 98.8 cm³/mol. The largest absolute Gasteiger partial charge is 0.497 e. The van der Waals surface area contributed by atoms with Crippen molar-refractivity contribution in [3.05, 3.63) is 53.6 Å². The molecule has 1 amide bonds. The monoisotopic (exact) mass is 340 g/mol. The first-order valence-electron chi connectivity index (χ1n) is 8.45. The summed E-state index contributed by atoms with van der Waals surface area (Å²) >= 11 is 0. The molecule has 0 unspecified atom stereocenters. The van der Waals surface area contributed by atoms with Crippen LogP contribution in [0.2, 0.25) is 0 Å². The predicted octanol–water partition coefficient (Wildman–Crippen LogP) is 2.97. The molecule has 1 heterocycles. The van der Waals surface area contributed by atoms with Gasteiger partial charge in [0.05, 0.1) is 19.9 Å². The first kappa shape index (κ1) is 17.1. The summed E-state index contributed by atoms with van der Waals surface area (Å²) in [4.78, 5) is 16.8. The van der Waals surface area contributed by atoms with Gasteiger partial charge in [-0.3, -0.25) is 4.79 Å². The lowest BCUT2D eigenvalue weighted by atomic mass is 10.1. The number of nitrogens with zero attached hydrogens (tertiary/aromatic N) is 2. The first-order chi connectivity index (χ1) is 12.1. The van der Waals surface area contributed by atoms with Crippen LogP contribution in [-0.2, 0) is 0 Å². The number of hydrogen-bond acceptors (Lipinski definition) is 4. The fourth-order valence-electron chi connectivity index (χ4n) is 3.08. The Labute approximate surface area is 148 Å². The number of amides is 1. The number of ether oxygens (including phenoxy) is 2. The SMILES string of the molecule is COc1ccc(N2CCN(C(=O)c3ccc(C)cc3)CC2)c(OC)c1. The van der Waals surface area contributed by atoms with Gasteiger partial charge in [0, 0.05) is 37.8 Å². The van der Waals surface area contributed by atoms with E-state index in [2.05, 4.69) is 4.90 Å². The molecule has 0 N–H and O–H groups in total. The molecule has 5 nitrogen and oxygen atoms in total. The summed E-state index contributed by atoms with van der Waals surface area (Å²) in [5, 5.41) is 0. The van der Waals surface area contributed by atoms with Crippen LogP contribution in [0, 0.1) is 6.92 Å². The van der Waals surface area contributed by atoms with Gasteiger partial charge >= 0.3 is 0 Å². The maximum atomic E-state index is 12.6. The minimum absolute atomic E-state index is 0.0985. The number of piperazine rings is 1. The standard InChI is InChI=1S/C20H24N2O3/c1-15-4-6-16(7-5-15)20(23)22-12-10-21(11-13-22)18-9-8-17(24-2)14-19(18)25-3/h4-9,14H,10-13H2,1-3H3.